The van der Waals surface area contributed by atoms with Crippen molar-refractivity contribution in [2.24, 2.45) is 5.92 Å². The van der Waals surface area contributed by atoms with Crippen molar-refractivity contribution >= 4 is 11.3 Å². The Morgan fingerprint density at radius 2 is 1.85 bits per heavy atom. The Morgan fingerprint density at radius 3 is 2.40 bits per heavy atom. The Hall–Kier alpha value is -1.19. The number of benzene rings is 1. The number of rotatable bonds is 7. The predicted molar refractivity (Wildman–Crippen MR) is 86.9 cm³/mol. The average Bonchev–Trinajstić information content (AvgIpc) is 2.90. The monoisotopic (exact) mass is 288 g/mol. The van der Waals surface area contributed by atoms with E-state index in [0.717, 1.165) is 17.2 Å². The molecule has 2 nitrogen and oxygen atoms in total. The second-order valence-electron chi connectivity index (χ2n) is 5.20. The lowest BCUT2D eigenvalue weighted by Gasteiger charge is -2.27. The van der Waals surface area contributed by atoms with E-state index in [-0.39, 0.29) is 0 Å². The first-order chi connectivity index (χ1) is 9.74. The van der Waals surface area contributed by atoms with E-state index in [9.17, 15) is 0 Å². The Kier molecular flexibility index (Phi) is 5.74. The van der Waals surface area contributed by atoms with Gasteiger partial charge in [0, 0.05) is 18.0 Å². The summed E-state index contributed by atoms with van der Waals surface area (Å²) in [5.74, 6) is 0.664. The minimum atomic E-state index is 0.410. The van der Waals surface area contributed by atoms with Crippen LogP contribution in [0.25, 0.3) is 0 Å². The van der Waals surface area contributed by atoms with Gasteiger partial charge in [0.05, 0.1) is 10.7 Å². The van der Waals surface area contributed by atoms with Gasteiger partial charge in [-0.15, -0.1) is 11.3 Å². The molecule has 0 aliphatic rings. The van der Waals surface area contributed by atoms with Gasteiger partial charge in [0.2, 0.25) is 0 Å². The highest BCUT2D eigenvalue weighted by Gasteiger charge is 2.19. The van der Waals surface area contributed by atoms with Crippen LogP contribution in [0.4, 0.5) is 0 Å². The molecule has 0 aliphatic carbocycles. The molecule has 1 heterocycles. The van der Waals surface area contributed by atoms with Gasteiger partial charge in [0.1, 0.15) is 0 Å². The van der Waals surface area contributed by atoms with Gasteiger partial charge < -0.3 is 5.32 Å². The first kappa shape index (κ1) is 15.2. The summed E-state index contributed by atoms with van der Waals surface area (Å²) in [5.41, 5.74) is 2.53. The van der Waals surface area contributed by atoms with Crippen molar-refractivity contribution in [3.63, 3.8) is 0 Å². The van der Waals surface area contributed by atoms with Gasteiger partial charge in [-0.2, -0.15) is 0 Å². The van der Waals surface area contributed by atoms with Gasteiger partial charge in [0.25, 0.3) is 0 Å². The van der Waals surface area contributed by atoms with E-state index in [1.54, 1.807) is 11.3 Å². The van der Waals surface area contributed by atoms with E-state index in [4.69, 9.17) is 0 Å². The highest BCUT2D eigenvalue weighted by molar-refractivity contribution is 7.09. The van der Waals surface area contributed by atoms with Crippen molar-refractivity contribution < 1.29 is 0 Å². The summed E-state index contributed by atoms with van der Waals surface area (Å²) in [7, 11) is 0. The number of nitrogens with one attached hydrogen (secondary N) is 1. The topological polar surface area (TPSA) is 24.9 Å². The van der Waals surface area contributed by atoms with Crippen LogP contribution < -0.4 is 5.32 Å². The lowest BCUT2D eigenvalue weighted by Crippen LogP contribution is -2.27. The zero-order valence-corrected chi connectivity index (χ0v) is 13.4. The van der Waals surface area contributed by atoms with Crippen molar-refractivity contribution in [2.45, 2.75) is 46.2 Å². The average molecular weight is 288 g/mol. The third-order valence-corrected chi connectivity index (χ3v) is 4.67. The normalized spacial score (nSPS) is 12.8. The maximum Gasteiger partial charge on any atom is 0.0897 e. The molecule has 1 N–H and O–H groups in total. The summed E-state index contributed by atoms with van der Waals surface area (Å²) in [6.07, 6.45) is 2.39. The lowest BCUT2D eigenvalue weighted by atomic mass is 9.89. The van der Waals surface area contributed by atoms with Crippen LogP contribution in [0.5, 0.6) is 0 Å². The fourth-order valence-electron chi connectivity index (χ4n) is 2.68. The molecule has 0 saturated heterocycles. The van der Waals surface area contributed by atoms with E-state index in [0.29, 0.717) is 12.0 Å². The van der Waals surface area contributed by atoms with Crippen LogP contribution in [0.3, 0.4) is 0 Å². The van der Waals surface area contributed by atoms with E-state index >= 15 is 0 Å². The maximum atomic E-state index is 4.54. The number of thiazole rings is 1. The molecule has 1 unspecified atom stereocenters. The molecular weight excluding hydrogens is 264 g/mol. The van der Waals surface area contributed by atoms with Gasteiger partial charge in [-0.25, -0.2) is 4.98 Å². The predicted octanol–water partition coefficient (Wildman–Crippen LogP) is 4.72. The number of nitrogens with zero attached hydrogens (tertiary/aromatic N) is 1. The fraction of sp³-hybridized carbons (Fsp3) is 0.471. The summed E-state index contributed by atoms with van der Waals surface area (Å²) in [6.45, 7) is 7.46. The van der Waals surface area contributed by atoms with Gasteiger partial charge in [-0.3, -0.25) is 0 Å². The molecule has 1 atom stereocenters. The van der Waals surface area contributed by atoms with E-state index in [2.05, 4.69) is 66.8 Å². The van der Waals surface area contributed by atoms with E-state index in [1.165, 1.54) is 18.4 Å². The number of aryl methyl sites for hydroxylation is 1. The van der Waals surface area contributed by atoms with Crippen LogP contribution in [0.1, 0.15) is 49.0 Å². The quantitative estimate of drug-likeness (QED) is 0.797. The van der Waals surface area contributed by atoms with Crippen LogP contribution in [0, 0.1) is 12.8 Å². The Morgan fingerprint density at radius 1 is 1.15 bits per heavy atom. The molecule has 2 aromatic rings. The molecule has 1 aromatic heterocycles. The van der Waals surface area contributed by atoms with Crippen LogP contribution in [-0.4, -0.2) is 4.98 Å². The molecule has 0 aliphatic heterocycles. The molecule has 20 heavy (non-hydrogen) atoms. The summed E-state index contributed by atoms with van der Waals surface area (Å²) in [5, 5.41) is 7.00. The largest absolute Gasteiger partial charge is 0.304 e. The molecule has 1 aromatic carbocycles. The van der Waals surface area contributed by atoms with Crippen molar-refractivity contribution in [3.8, 4) is 0 Å². The van der Waals surface area contributed by atoms with Gasteiger partial charge in [-0.1, -0.05) is 57.0 Å². The minimum Gasteiger partial charge on any atom is -0.304 e. The summed E-state index contributed by atoms with van der Waals surface area (Å²) >= 11 is 1.72. The Labute approximate surface area is 126 Å². The molecule has 0 bridgehead atoms. The molecule has 0 amide bonds. The zero-order chi connectivity index (χ0) is 14.4. The van der Waals surface area contributed by atoms with Gasteiger partial charge in [0.15, 0.2) is 0 Å². The first-order valence-electron chi connectivity index (χ1n) is 7.43. The molecule has 0 fully saturated rings. The SMILES string of the molecule is CCC(CC)C(NCc1csc(C)n1)c1ccccc1. The van der Waals surface area contributed by atoms with Crippen LogP contribution in [0.2, 0.25) is 0 Å². The summed E-state index contributed by atoms with van der Waals surface area (Å²) in [6, 6.07) is 11.2. The molecular formula is C17H24N2S. The van der Waals surface area contributed by atoms with Crippen molar-refractivity contribution in [2.75, 3.05) is 0 Å². The summed E-state index contributed by atoms with van der Waals surface area (Å²) < 4.78 is 0. The highest BCUT2D eigenvalue weighted by Crippen LogP contribution is 2.27. The molecule has 108 valence electrons. The molecule has 0 saturated carbocycles. The standard InChI is InChI=1S/C17H24N2S/c1-4-14(5-2)17(15-9-7-6-8-10-15)18-11-16-12-20-13(3)19-16/h6-10,12,14,17-18H,4-5,11H2,1-3H3. The first-order valence-corrected chi connectivity index (χ1v) is 8.31. The summed E-state index contributed by atoms with van der Waals surface area (Å²) in [4.78, 5) is 4.54. The molecule has 3 heteroatoms. The van der Waals surface area contributed by atoms with Crippen LogP contribution in [-0.2, 0) is 6.54 Å². The van der Waals surface area contributed by atoms with Gasteiger partial charge >= 0.3 is 0 Å². The number of aromatic nitrogens is 1. The van der Waals surface area contributed by atoms with Crippen molar-refractivity contribution in [1.29, 1.82) is 0 Å². The van der Waals surface area contributed by atoms with Crippen molar-refractivity contribution in [3.05, 3.63) is 52.0 Å². The smallest absolute Gasteiger partial charge is 0.0897 e. The third kappa shape index (κ3) is 3.90. The Balaban J connectivity index is 2.10. The van der Waals surface area contributed by atoms with Crippen molar-refractivity contribution in [1.82, 2.24) is 10.3 Å². The number of hydrogen-bond donors (Lipinski definition) is 1. The second kappa shape index (κ2) is 7.55. The minimum absolute atomic E-state index is 0.410. The Bertz CT molecular complexity index is 503. The molecule has 0 radical (unpaired) electrons. The second-order valence-corrected chi connectivity index (χ2v) is 6.27. The molecule has 2 rings (SSSR count). The molecule has 0 spiro atoms. The zero-order valence-electron chi connectivity index (χ0n) is 12.6. The third-order valence-electron chi connectivity index (χ3n) is 3.85. The fourth-order valence-corrected chi connectivity index (χ4v) is 3.29. The number of hydrogen-bond acceptors (Lipinski definition) is 3. The highest BCUT2D eigenvalue weighted by atomic mass is 32.1. The lowest BCUT2D eigenvalue weighted by molar-refractivity contribution is 0.338. The maximum absolute atomic E-state index is 4.54. The van der Waals surface area contributed by atoms with Crippen LogP contribution in [0.15, 0.2) is 35.7 Å². The van der Waals surface area contributed by atoms with E-state index < -0.39 is 0 Å². The van der Waals surface area contributed by atoms with Gasteiger partial charge in [-0.05, 0) is 18.4 Å². The van der Waals surface area contributed by atoms with Crippen LogP contribution >= 0.6 is 11.3 Å². The van der Waals surface area contributed by atoms with E-state index in [1.807, 2.05) is 0 Å².